The first-order chi connectivity index (χ1) is 12.2. The lowest BCUT2D eigenvalue weighted by Gasteiger charge is -2.34. The molecular formula is C19H23N5O. The van der Waals surface area contributed by atoms with E-state index < -0.39 is 0 Å². The topological polar surface area (TPSA) is 60.0 Å². The number of hydrogen-bond donors (Lipinski definition) is 0. The number of likely N-dealkylation sites (N-methyl/N-ethyl adjacent to an activating group) is 1. The SMILES string of the molecule is C[C@H]1[C@@H](c2nnc(-c3ccc(Cn4cccn4)cc3)o2)CCCN1C. The number of rotatable bonds is 4. The zero-order chi connectivity index (χ0) is 17.2. The van der Waals surface area contributed by atoms with E-state index in [1.54, 1.807) is 6.20 Å². The summed E-state index contributed by atoms with van der Waals surface area (Å²) < 4.78 is 7.91. The molecule has 0 amide bonds. The molecule has 1 fully saturated rings. The van der Waals surface area contributed by atoms with Gasteiger partial charge in [0.05, 0.1) is 12.5 Å². The van der Waals surface area contributed by atoms with Crippen LogP contribution < -0.4 is 0 Å². The molecule has 130 valence electrons. The Morgan fingerprint density at radius 2 is 2.04 bits per heavy atom. The van der Waals surface area contributed by atoms with Crippen LogP contribution in [0.5, 0.6) is 0 Å². The van der Waals surface area contributed by atoms with Gasteiger partial charge in [0.15, 0.2) is 0 Å². The van der Waals surface area contributed by atoms with Gasteiger partial charge in [0, 0.05) is 24.0 Å². The molecule has 1 aliphatic heterocycles. The van der Waals surface area contributed by atoms with Gasteiger partial charge >= 0.3 is 0 Å². The number of piperidine rings is 1. The van der Waals surface area contributed by atoms with Crippen LogP contribution in [0, 0.1) is 0 Å². The van der Waals surface area contributed by atoms with Gasteiger partial charge in [-0.25, -0.2) is 0 Å². The lowest BCUT2D eigenvalue weighted by Crippen LogP contribution is -2.39. The van der Waals surface area contributed by atoms with Crippen LogP contribution in [0.1, 0.15) is 37.1 Å². The minimum absolute atomic E-state index is 0.319. The van der Waals surface area contributed by atoms with Crippen LogP contribution in [-0.2, 0) is 6.54 Å². The second-order valence-corrected chi connectivity index (χ2v) is 6.82. The van der Waals surface area contributed by atoms with Crippen LogP contribution in [-0.4, -0.2) is 44.5 Å². The molecule has 0 spiro atoms. The Morgan fingerprint density at radius 3 is 2.80 bits per heavy atom. The molecule has 3 heterocycles. The molecule has 0 unspecified atom stereocenters. The standard InChI is InChI=1S/C19H23N5O/c1-14-17(5-3-11-23(14)2)19-22-21-18(25-19)16-8-6-15(7-9-16)13-24-12-4-10-20-24/h4,6-10,12,14,17H,3,5,11,13H2,1-2H3/t14-,17-/m0/s1. The Kier molecular flexibility index (Phi) is 4.36. The Labute approximate surface area is 147 Å². The van der Waals surface area contributed by atoms with Crippen molar-refractivity contribution in [3.8, 4) is 11.5 Å². The Balaban J connectivity index is 1.50. The van der Waals surface area contributed by atoms with E-state index in [0.717, 1.165) is 31.0 Å². The first-order valence-electron chi connectivity index (χ1n) is 8.81. The average molecular weight is 337 g/mol. The van der Waals surface area contributed by atoms with E-state index in [4.69, 9.17) is 4.42 Å². The Morgan fingerprint density at radius 1 is 1.20 bits per heavy atom. The molecule has 1 aromatic carbocycles. The minimum Gasteiger partial charge on any atom is -0.420 e. The summed E-state index contributed by atoms with van der Waals surface area (Å²) in [4.78, 5) is 2.36. The summed E-state index contributed by atoms with van der Waals surface area (Å²) in [6, 6.07) is 10.6. The van der Waals surface area contributed by atoms with Crippen LogP contribution in [0.25, 0.3) is 11.5 Å². The highest BCUT2D eigenvalue weighted by molar-refractivity contribution is 5.53. The molecular weight excluding hydrogens is 314 g/mol. The number of likely N-dealkylation sites (tertiary alicyclic amines) is 1. The molecule has 25 heavy (non-hydrogen) atoms. The molecule has 3 aromatic rings. The van der Waals surface area contributed by atoms with E-state index in [1.807, 2.05) is 29.1 Å². The smallest absolute Gasteiger partial charge is 0.247 e. The molecule has 0 bridgehead atoms. The predicted molar refractivity (Wildman–Crippen MR) is 95.1 cm³/mol. The van der Waals surface area contributed by atoms with E-state index in [2.05, 4.69) is 46.3 Å². The lowest BCUT2D eigenvalue weighted by molar-refractivity contribution is 0.158. The zero-order valence-electron chi connectivity index (χ0n) is 14.7. The monoisotopic (exact) mass is 337 g/mol. The third kappa shape index (κ3) is 3.35. The molecule has 0 radical (unpaired) electrons. The number of aromatic nitrogens is 4. The quantitative estimate of drug-likeness (QED) is 0.732. The van der Waals surface area contributed by atoms with Crippen LogP contribution >= 0.6 is 0 Å². The van der Waals surface area contributed by atoms with Gasteiger partial charge in [0.1, 0.15) is 0 Å². The van der Waals surface area contributed by atoms with Crippen molar-refractivity contribution >= 4 is 0 Å². The minimum atomic E-state index is 0.319. The van der Waals surface area contributed by atoms with Gasteiger partial charge in [-0.2, -0.15) is 5.10 Å². The van der Waals surface area contributed by atoms with Gasteiger partial charge in [-0.1, -0.05) is 12.1 Å². The fourth-order valence-electron chi connectivity index (χ4n) is 3.48. The largest absolute Gasteiger partial charge is 0.420 e. The fraction of sp³-hybridized carbons (Fsp3) is 0.421. The summed E-state index contributed by atoms with van der Waals surface area (Å²) in [6.07, 6.45) is 6.03. The maximum atomic E-state index is 6.01. The molecule has 6 nitrogen and oxygen atoms in total. The summed E-state index contributed by atoms with van der Waals surface area (Å²) in [5, 5.41) is 12.8. The predicted octanol–water partition coefficient (Wildman–Crippen LogP) is 3.18. The molecule has 4 rings (SSSR count). The van der Waals surface area contributed by atoms with Crippen LogP contribution in [0.4, 0.5) is 0 Å². The molecule has 2 atom stereocenters. The summed E-state index contributed by atoms with van der Waals surface area (Å²) >= 11 is 0. The summed E-state index contributed by atoms with van der Waals surface area (Å²) in [5.41, 5.74) is 2.15. The normalized spacial score (nSPS) is 21.5. The van der Waals surface area contributed by atoms with E-state index in [0.29, 0.717) is 17.9 Å². The van der Waals surface area contributed by atoms with E-state index in [-0.39, 0.29) is 0 Å². The van der Waals surface area contributed by atoms with Gasteiger partial charge in [0.2, 0.25) is 11.8 Å². The summed E-state index contributed by atoms with van der Waals surface area (Å²) in [5.74, 6) is 1.68. The second kappa shape index (κ2) is 6.80. The molecule has 0 N–H and O–H groups in total. The van der Waals surface area contributed by atoms with Crippen LogP contribution in [0.2, 0.25) is 0 Å². The first kappa shape index (κ1) is 16.0. The number of nitrogens with zero attached hydrogens (tertiary/aromatic N) is 5. The Bertz CT molecular complexity index is 809. The number of hydrogen-bond acceptors (Lipinski definition) is 5. The second-order valence-electron chi connectivity index (χ2n) is 6.82. The molecule has 2 aromatic heterocycles. The highest BCUT2D eigenvalue weighted by Crippen LogP contribution is 2.32. The van der Waals surface area contributed by atoms with Crippen LogP contribution in [0.15, 0.2) is 47.1 Å². The Hall–Kier alpha value is -2.47. The summed E-state index contributed by atoms with van der Waals surface area (Å²) in [7, 11) is 2.16. The van der Waals surface area contributed by atoms with Gasteiger partial charge in [-0.05, 0) is 57.1 Å². The third-order valence-corrected chi connectivity index (χ3v) is 5.17. The summed E-state index contributed by atoms with van der Waals surface area (Å²) in [6.45, 7) is 4.13. The average Bonchev–Trinajstić information content (AvgIpc) is 3.30. The molecule has 6 heteroatoms. The van der Waals surface area contributed by atoms with Crippen molar-refractivity contribution in [3.05, 3.63) is 54.2 Å². The lowest BCUT2D eigenvalue weighted by atomic mass is 9.90. The molecule has 0 saturated carbocycles. The number of benzene rings is 1. The first-order valence-corrected chi connectivity index (χ1v) is 8.81. The maximum absolute atomic E-state index is 6.01. The maximum Gasteiger partial charge on any atom is 0.247 e. The van der Waals surface area contributed by atoms with Crippen molar-refractivity contribution in [1.29, 1.82) is 0 Å². The molecule has 1 saturated heterocycles. The van der Waals surface area contributed by atoms with Gasteiger partial charge in [-0.15, -0.1) is 10.2 Å². The molecule has 0 aliphatic carbocycles. The van der Waals surface area contributed by atoms with Crippen molar-refractivity contribution in [2.75, 3.05) is 13.6 Å². The van der Waals surface area contributed by atoms with E-state index in [1.165, 1.54) is 12.0 Å². The van der Waals surface area contributed by atoms with Gasteiger partial charge in [0.25, 0.3) is 0 Å². The van der Waals surface area contributed by atoms with Crippen molar-refractivity contribution in [3.63, 3.8) is 0 Å². The fourth-order valence-corrected chi connectivity index (χ4v) is 3.48. The van der Waals surface area contributed by atoms with Crippen molar-refractivity contribution in [1.82, 2.24) is 24.9 Å². The van der Waals surface area contributed by atoms with E-state index in [9.17, 15) is 0 Å². The van der Waals surface area contributed by atoms with Gasteiger partial charge in [-0.3, -0.25) is 4.68 Å². The third-order valence-electron chi connectivity index (χ3n) is 5.17. The highest BCUT2D eigenvalue weighted by Gasteiger charge is 2.30. The van der Waals surface area contributed by atoms with Crippen LogP contribution in [0.3, 0.4) is 0 Å². The van der Waals surface area contributed by atoms with E-state index >= 15 is 0 Å². The van der Waals surface area contributed by atoms with Crippen molar-refractivity contribution in [2.24, 2.45) is 0 Å². The van der Waals surface area contributed by atoms with Crippen molar-refractivity contribution in [2.45, 2.75) is 38.3 Å². The van der Waals surface area contributed by atoms with Crippen molar-refractivity contribution < 1.29 is 4.42 Å². The zero-order valence-corrected chi connectivity index (χ0v) is 14.7. The molecule has 1 aliphatic rings. The highest BCUT2D eigenvalue weighted by atomic mass is 16.4. The van der Waals surface area contributed by atoms with Gasteiger partial charge < -0.3 is 9.32 Å².